The van der Waals surface area contributed by atoms with E-state index in [1.807, 2.05) is 55.5 Å². The molecule has 2 aromatic carbocycles. The predicted octanol–water partition coefficient (Wildman–Crippen LogP) is 3.31. The molecule has 1 unspecified atom stereocenters. The second-order valence-corrected chi connectivity index (χ2v) is 4.80. The van der Waals surface area contributed by atoms with Gasteiger partial charge in [0.1, 0.15) is 0 Å². The molecule has 2 heteroatoms. The van der Waals surface area contributed by atoms with Crippen LogP contribution in [0.2, 0.25) is 0 Å². The summed E-state index contributed by atoms with van der Waals surface area (Å²) in [6.45, 7) is 4.12. The third-order valence-electron chi connectivity index (χ3n) is 3.28. The molecule has 94 valence electrons. The second kappa shape index (κ2) is 5.23. The summed E-state index contributed by atoms with van der Waals surface area (Å²) < 4.78 is 0. The standard InChI is InChI=1S/C16H19NO/c1-13-8-6-7-11-15(13)17-16(2,12-18)14-9-4-3-5-10-14/h3-11,17-18H,12H2,1-2H3. The molecule has 2 N–H and O–H groups in total. The van der Waals surface area contributed by atoms with Crippen LogP contribution in [0.4, 0.5) is 5.69 Å². The third-order valence-corrected chi connectivity index (χ3v) is 3.28. The number of benzene rings is 2. The highest BCUT2D eigenvalue weighted by Crippen LogP contribution is 2.27. The lowest BCUT2D eigenvalue weighted by Gasteiger charge is -2.31. The van der Waals surface area contributed by atoms with Gasteiger partial charge < -0.3 is 10.4 Å². The Hall–Kier alpha value is -1.80. The van der Waals surface area contributed by atoms with E-state index in [4.69, 9.17) is 0 Å². The minimum Gasteiger partial charge on any atom is -0.394 e. The van der Waals surface area contributed by atoms with Crippen LogP contribution in [-0.2, 0) is 5.54 Å². The van der Waals surface area contributed by atoms with Crippen molar-refractivity contribution in [3.63, 3.8) is 0 Å². The first kappa shape index (κ1) is 12.7. The maximum absolute atomic E-state index is 9.73. The highest BCUT2D eigenvalue weighted by atomic mass is 16.3. The first-order chi connectivity index (χ1) is 8.65. The Kier molecular flexibility index (Phi) is 3.68. The molecule has 0 radical (unpaired) electrons. The fourth-order valence-corrected chi connectivity index (χ4v) is 2.02. The van der Waals surface area contributed by atoms with Gasteiger partial charge in [-0.05, 0) is 31.0 Å². The van der Waals surface area contributed by atoms with Crippen LogP contribution in [0.15, 0.2) is 54.6 Å². The van der Waals surface area contributed by atoms with E-state index in [2.05, 4.69) is 18.3 Å². The Balaban J connectivity index is 2.32. The van der Waals surface area contributed by atoms with Crippen molar-refractivity contribution in [2.75, 3.05) is 11.9 Å². The summed E-state index contributed by atoms with van der Waals surface area (Å²) in [7, 11) is 0. The highest BCUT2D eigenvalue weighted by Gasteiger charge is 2.25. The van der Waals surface area contributed by atoms with Crippen LogP contribution in [-0.4, -0.2) is 11.7 Å². The van der Waals surface area contributed by atoms with Crippen molar-refractivity contribution in [2.45, 2.75) is 19.4 Å². The molecule has 18 heavy (non-hydrogen) atoms. The largest absolute Gasteiger partial charge is 0.394 e. The molecule has 0 amide bonds. The average Bonchev–Trinajstić information content (AvgIpc) is 2.42. The molecule has 0 spiro atoms. The third kappa shape index (κ3) is 2.54. The zero-order chi connectivity index (χ0) is 13.0. The predicted molar refractivity (Wildman–Crippen MR) is 75.7 cm³/mol. The molecule has 0 heterocycles. The van der Waals surface area contributed by atoms with Crippen LogP contribution >= 0.6 is 0 Å². The normalized spacial score (nSPS) is 13.9. The lowest BCUT2D eigenvalue weighted by Crippen LogP contribution is -2.36. The fraction of sp³-hybridized carbons (Fsp3) is 0.250. The summed E-state index contributed by atoms with van der Waals surface area (Å²) in [6, 6.07) is 18.1. The van der Waals surface area contributed by atoms with Crippen molar-refractivity contribution >= 4 is 5.69 Å². The molecule has 0 aromatic heterocycles. The van der Waals surface area contributed by atoms with E-state index in [9.17, 15) is 5.11 Å². The van der Waals surface area contributed by atoms with Crippen LogP contribution in [0, 0.1) is 6.92 Å². The van der Waals surface area contributed by atoms with Gasteiger partial charge in [0.05, 0.1) is 12.1 Å². The van der Waals surface area contributed by atoms with E-state index in [1.54, 1.807) is 0 Å². The Bertz CT molecular complexity index is 510. The fourth-order valence-electron chi connectivity index (χ4n) is 2.02. The number of hydrogen-bond acceptors (Lipinski definition) is 2. The van der Waals surface area contributed by atoms with E-state index in [1.165, 1.54) is 5.56 Å². The highest BCUT2D eigenvalue weighted by molar-refractivity contribution is 5.53. The van der Waals surface area contributed by atoms with Crippen LogP contribution in [0.1, 0.15) is 18.1 Å². The van der Waals surface area contributed by atoms with Crippen LogP contribution in [0.25, 0.3) is 0 Å². The van der Waals surface area contributed by atoms with Crippen molar-refractivity contribution in [2.24, 2.45) is 0 Å². The Morgan fingerprint density at radius 2 is 1.61 bits per heavy atom. The number of aliphatic hydroxyl groups is 1. The van der Waals surface area contributed by atoms with Gasteiger partial charge >= 0.3 is 0 Å². The number of aliphatic hydroxyl groups excluding tert-OH is 1. The van der Waals surface area contributed by atoms with Gasteiger partial charge in [0, 0.05) is 5.69 Å². The number of rotatable bonds is 4. The Morgan fingerprint density at radius 1 is 1.00 bits per heavy atom. The van der Waals surface area contributed by atoms with E-state index >= 15 is 0 Å². The topological polar surface area (TPSA) is 32.3 Å². The first-order valence-electron chi connectivity index (χ1n) is 6.16. The SMILES string of the molecule is Cc1ccccc1NC(C)(CO)c1ccccc1. The van der Waals surface area contributed by atoms with Crippen LogP contribution in [0.5, 0.6) is 0 Å². The molecule has 0 aliphatic rings. The van der Waals surface area contributed by atoms with Crippen molar-refractivity contribution in [3.8, 4) is 0 Å². The molecule has 2 rings (SSSR count). The lowest BCUT2D eigenvalue weighted by molar-refractivity contribution is 0.224. The molecule has 0 fully saturated rings. The lowest BCUT2D eigenvalue weighted by atomic mass is 9.92. The van der Waals surface area contributed by atoms with E-state index in [-0.39, 0.29) is 6.61 Å². The van der Waals surface area contributed by atoms with Gasteiger partial charge in [0.2, 0.25) is 0 Å². The van der Waals surface area contributed by atoms with Gasteiger partial charge in [0.25, 0.3) is 0 Å². The average molecular weight is 241 g/mol. The molecular formula is C16H19NO. The summed E-state index contributed by atoms with van der Waals surface area (Å²) in [4.78, 5) is 0. The van der Waals surface area contributed by atoms with Crippen molar-refractivity contribution in [1.82, 2.24) is 0 Å². The number of para-hydroxylation sites is 1. The quantitative estimate of drug-likeness (QED) is 0.860. The van der Waals surface area contributed by atoms with Crippen molar-refractivity contribution < 1.29 is 5.11 Å². The second-order valence-electron chi connectivity index (χ2n) is 4.80. The van der Waals surface area contributed by atoms with E-state index < -0.39 is 5.54 Å². The summed E-state index contributed by atoms with van der Waals surface area (Å²) in [5.74, 6) is 0. The maximum Gasteiger partial charge on any atom is 0.0828 e. The number of aryl methyl sites for hydroxylation is 1. The minimum absolute atomic E-state index is 0.0470. The molecule has 0 saturated carbocycles. The summed E-state index contributed by atoms with van der Waals surface area (Å²) in [5.41, 5.74) is 2.84. The summed E-state index contributed by atoms with van der Waals surface area (Å²) in [5, 5.41) is 13.2. The Morgan fingerprint density at radius 3 is 2.22 bits per heavy atom. The number of hydrogen-bond donors (Lipinski definition) is 2. The molecule has 1 atom stereocenters. The zero-order valence-corrected chi connectivity index (χ0v) is 10.9. The Labute approximate surface area is 108 Å². The summed E-state index contributed by atoms with van der Waals surface area (Å²) in [6.07, 6.45) is 0. The van der Waals surface area contributed by atoms with Gasteiger partial charge in [-0.2, -0.15) is 0 Å². The van der Waals surface area contributed by atoms with Crippen molar-refractivity contribution in [3.05, 3.63) is 65.7 Å². The molecule has 0 saturated heterocycles. The molecule has 2 nitrogen and oxygen atoms in total. The summed E-state index contributed by atoms with van der Waals surface area (Å²) >= 11 is 0. The molecule has 0 aliphatic carbocycles. The molecular weight excluding hydrogens is 222 g/mol. The minimum atomic E-state index is -0.465. The van der Waals surface area contributed by atoms with Gasteiger partial charge in [-0.25, -0.2) is 0 Å². The van der Waals surface area contributed by atoms with Gasteiger partial charge in [-0.15, -0.1) is 0 Å². The smallest absolute Gasteiger partial charge is 0.0828 e. The van der Waals surface area contributed by atoms with Crippen LogP contribution in [0.3, 0.4) is 0 Å². The maximum atomic E-state index is 9.73. The van der Waals surface area contributed by atoms with Gasteiger partial charge in [-0.3, -0.25) is 0 Å². The monoisotopic (exact) mass is 241 g/mol. The zero-order valence-electron chi connectivity index (χ0n) is 10.9. The number of anilines is 1. The molecule has 2 aromatic rings. The molecule has 0 bridgehead atoms. The number of nitrogens with one attached hydrogen (secondary N) is 1. The van der Waals surface area contributed by atoms with E-state index in [0.717, 1.165) is 11.3 Å². The van der Waals surface area contributed by atoms with Crippen molar-refractivity contribution in [1.29, 1.82) is 0 Å². The van der Waals surface area contributed by atoms with Gasteiger partial charge in [-0.1, -0.05) is 48.5 Å². The van der Waals surface area contributed by atoms with Crippen LogP contribution < -0.4 is 5.32 Å². The van der Waals surface area contributed by atoms with E-state index in [0.29, 0.717) is 0 Å². The first-order valence-corrected chi connectivity index (χ1v) is 6.16. The molecule has 0 aliphatic heterocycles. The van der Waals surface area contributed by atoms with Gasteiger partial charge in [0.15, 0.2) is 0 Å².